The average molecular weight is 817 g/mol. The van der Waals surface area contributed by atoms with Crippen molar-refractivity contribution < 1.29 is 25.8 Å². The van der Waals surface area contributed by atoms with Crippen LogP contribution in [0, 0.1) is 19.1 Å². The number of aryl methyl sites for hydroxylation is 1. The Morgan fingerprint density at radius 2 is 1.45 bits per heavy atom. The summed E-state index contributed by atoms with van der Waals surface area (Å²) in [4.78, 5) is 14.7. The van der Waals surface area contributed by atoms with E-state index >= 15 is 0 Å². The number of imidazole rings is 1. The number of pyridine rings is 3. The molecule has 0 N–H and O–H groups in total. The largest absolute Gasteiger partial charge is 2.00 e. The third-order valence-electron chi connectivity index (χ3n) is 9.16. The average Bonchev–Trinajstić information content (AvgIpc) is 3.69. The maximum atomic E-state index is 6.65. The SMILES string of the molecule is Cc1ccccc1-c1cn2c3cccnc3c3ccc(Oc4[c-]c(-n5c6ccccc6c6cccnc65)cc(C(C)(C)C)c4)[c-]c3c2n1.[Pt+2]. The summed E-state index contributed by atoms with van der Waals surface area (Å²) in [5.74, 6) is 1.18. The molecule has 5 heterocycles. The number of ether oxygens (including phenoxy) is 1. The first-order chi connectivity index (χ1) is 23.3. The van der Waals surface area contributed by atoms with E-state index in [9.17, 15) is 0 Å². The molecule has 0 aliphatic carbocycles. The van der Waals surface area contributed by atoms with Crippen LogP contribution in [0.15, 0.2) is 116 Å². The Morgan fingerprint density at radius 1 is 0.694 bits per heavy atom. The zero-order valence-corrected chi connectivity index (χ0v) is 29.7. The molecule has 0 saturated heterocycles. The molecule has 5 aromatic heterocycles. The summed E-state index contributed by atoms with van der Waals surface area (Å²) in [5, 5.41) is 4.06. The standard InChI is InChI=1S/C42H31N5O.Pt/c1-26-11-5-6-12-31(26)36-25-46-38-16-10-19-43-39(38)33-18-17-29(24-35(33)41(46)45-36)48-30-22-27(42(2,3)4)21-28(23-30)47-37-15-8-7-13-32(37)34-14-9-20-44-40(34)47;/h5-22,25H,1-4H3;/q-2;+2. The van der Waals surface area contributed by atoms with Crippen molar-refractivity contribution in [2.24, 2.45) is 0 Å². The van der Waals surface area contributed by atoms with E-state index in [4.69, 9.17) is 19.7 Å². The molecule has 49 heavy (non-hydrogen) atoms. The number of para-hydroxylation sites is 1. The molecule has 0 atom stereocenters. The molecule has 4 aromatic carbocycles. The maximum Gasteiger partial charge on any atom is 2.00 e. The smallest absolute Gasteiger partial charge is 0.503 e. The summed E-state index contributed by atoms with van der Waals surface area (Å²) in [6.07, 6.45) is 5.76. The van der Waals surface area contributed by atoms with E-state index in [2.05, 4.69) is 128 Å². The van der Waals surface area contributed by atoms with Crippen molar-refractivity contribution in [1.29, 1.82) is 0 Å². The Kier molecular flexibility index (Phi) is 7.38. The van der Waals surface area contributed by atoms with Gasteiger partial charge >= 0.3 is 21.1 Å². The first-order valence-electron chi connectivity index (χ1n) is 16.1. The minimum Gasteiger partial charge on any atom is -0.503 e. The summed E-state index contributed by atoms with van der Waals surface area (Å²) in [6, 6.07) is 40.3. The van der Waals surface area contributed by atoms with Crippen LogP contribution < -0.4 is 4.74 Å². The Bertz CT molecular complexity index is 2660. The molecule has 0 aliphatic rings. The van der Waals surface area contributed by atoms with Crippen molar-refractivity contribution in [2.45, 2.75) is 33.1 Å². The predicted molar refractivity (Wildman–Crippen MR) is 193 cm³/mol. The Balaban J connectivity index is 0.00000348. The van der Waals surface area contributed by atoms with Crippen molar-refractivity contribution in [3.63, 3.8) is 0 Å². The summed E-state index contributed by atoms with van der Waals surface area (Å²) in [7, 11) is 0. The fraction of sp³-hybridized carbons (Fsp3) is 0.119. The molecule has 9 rings (SSSR count). The molecule has 6 nitrogen and oxygen atoms in total. The van der Waals surface area contributed by atoms with Gasteiger partial charge in [-0.25, -0.2) is 4.98 Å². The normalized spacial score (nSPS) is 11.9. The van der Waals surface area contributed by atoms with Crippen LogP contribution in [-0.4, -0.2) is 23.9 Å². The van der Waals surface area contributed by atoms with Crippen molar-refractivity contribution in [1.82, 2.24) is 23.9 Å². The summed E-state index contributed by atoms with van der Waals surface area (Å²) >= 11 is 0. The van der Waals surface area contributed by atoms with Crippen LogP contribution in [0.4, 0.5) is 0 Å². The topological polar surface area (TPSA) is 57.2 Å². The molecule has 9 aromatic rings. The molecule has 0 amide bonds. The van der Waals surface area contributed by atoms with Crippen molar-refractivity contribution in [2.75, 3.05) is 0 Å². The van der Waals surface area contributed by atoms with Gasteiger partial charge in [-0.05, 0) is 48.2 Å². The van der Waals surface area contributed by atoms with Crippen LogP contribution in [0.25, 0.3) is 66.3 Å². The molecule has 240 valence electrons. The van der Waals surface area contributed by atoms with Gasteiger partial charge in [0.05, 0.1) is 27.9 Å². The second-order valence-corrected chi connectivity index (χ2v) is 13.3. The third kappa shape index (κ3) is 5.10. The predicted octanol–water partition coefficient (Wildman–Crippen LogP) is 10.2. The van der Waals surface area contributed by atoms with Gasteiger partial charge in [0.2, 0.25) is 0 Å². The Morgan fingerprint density at radius 3 is 2.31 bits per heavy atom. The maximum absolute atomic E-state index is 6.65. The quantitative estimate of drug-likeness (QED) is 0.131. The Labute approximate surface area is 298 Å². The molecular weight excluding hydrogens is 786 g/mol. The van der Waals surface area contributed by atoms with Crippen LogP contribution in [-0.2, 0) is 26.5 Å². The second-order valence-electron chi connectivity index (χ2n) is 13.3. The second kappa shape index (κ2) is 11.7. The van der Waals surface area contributed by atoms with Crippen molar-refractivity contribution in [3.8, 4) is 28.4 Å². The van der Waals surface area contributed by atoms with Crippen LogP contribution in [0.3, 0.4) is 0 Å². The van der Waals surface area contributed by atoms with E-state index < -0.39 is 0 Å². The monoisotopic (exact) mass is 816 g/mol. The van der Waals surface area contributed by atoms with Gasteiger partial charge in [-0.15, -0.1) is 29.8 Å². The van der Waals surface area contributed by atoms with Gasteiger partial charge < -0.3 is 13.7 Å². The van der Waals surface area contributed by atoms with Crippen LogP contribution in [0.5, 0.6) is 11.5 Å². The number of hydrogen-bond donors (Lipinski definition) is 0. The number of fused-ring (bicyclic) bond motifs is 9. The van der Waals surface area contributed by atoms with E-state index in [1.165, 1.54) is 5.56 Å². The minimum atomic E-state index is -0.139. The van der Waals surface area contributed by atoms with Gasteiger partial charge in [-0.2, -0.15) is 0 Å². The molecule has 0 radical (unpaired) electrons. The molecular formula is C42H31N5OPt. The van der Waals surface area contributed by atoms with E-state index in [1.807, 2.05) is 36.7 Å². The molecule has 7 heteroatoms. The van der Waals surface area contributed by atoms with Gasteiger partial charge in [0.15, 0.2) is 0 Å². The third-order valence-corrected chi connectivity index (χ3v) is 9.16. The van der Waals surface area contributed by atoms with E-state index in [-0.39, 0.29) is 26.5 Å². The van der Waals surface area contributed by atoms with Crippen LogP contribution >= 0.6 is 0 Å². The number of benzene rings is 4. The van der Waals surface area contributed by atoms with E-state index in [0.29, 0.717) is 11.5 Å². The molecule has 0 aliphatic heterocycles. The first kappa shape index (κ1) is 31.0. The number of nitrogens with zero attached hydrogens (tertiary/aromatic N) is 5. The molecule has 0 unspecified atom stereocenters. The van der Waals surface area contributed by atoms with Gasteiger partial charge in [-0.3, -0.25) is 9.97 Å². The van der Waals surface area contributed by atoms with E-state index in [1.54, 1.807) is 0 Å². The molecule has 0 saturated carbocycles. The van der Waals surface area contributed by atoms with E-state index in [0.717, 1.165) is 71.9 Å². The zero-order chi connectivity index (χ0) is 32.6. The van der Waals surface area contributed by atoms with Crippen molar-refractivity contribution >= 4 is 49.4 Å². The summed E-state index contributed by atoms with van der Waals surface area (Å²) < 4.78 is 10.9. The van der Waals surface area contributed by atoms with Crippen molar-refractivity contribution in [3.05, 3.63) is 139 Å². The molecule has 0 fully saturated rings. The number of hydrogen-bond acceptors (Lipinski definition) is 4. The fourth-order valence-corrected chi connectivity index (χ4v) is 6.73. The number of aromatic nitrogens is 5. The minimum absolute atomic E-state index is 0. The zero-order valence-electron chi connectivity index (χ0n) is 27.4. The fourth-order valence-electron chi connectivity index (χ4n) is 6.73. The molecule has 0 spiro atoms. The van der Waals surface area contributed by atoms with Gasteiger partial charge in [0.1, 0.15) is 5.65 Å². The summed E-state index contributed by atoms with van der Waals surface area (Å²) in [6.45, 7) is 8.74. The van der Waals surface area contributed by atoms with Crippen LogP contribution in [0.2, 0.25) is 0 Å². The van der Waals surface area contributed by atoms with Gasteiger partial charge in [-0.1, -0.05) is 91.8 Å². The number of rotatable bonds is 4. The van der Waals surface area contributed by atoms with Gasteiger partial charge in [0, 0.05) is 46.4 Å². The van der Waals surface area contributed by atoms with Crippen LogP contribution in [0.1, 0.15) is 31.9 Å². The summed E-state index contributed by atoms with van der Waals surface area (Å²) in [5.41, 5.74) is 9.67. The molecule has 0 bridgehead atoms. The Hall–Kier alpha value is -5.32. The van der Waals surface area contributed by atoms with Gasteiger partial charge in [0.25, 0.3) is 0 Å². The first-order valence-corrected chi connectivity index (χ1v) is 16.1.